The number of methoxy groups -OCH3 is 1. The third-order valence-corrected chi connectivity index (χ3v) is 4.04. The summed E-state index contributed by atoms with van der Waals surface area (Å²) in [7, 11) is 1.67. The van der Waals surface area contributed by atoms with Gasteiger partial charge in [-0.3, -0.25) is 4.98 Å². The number of pyridine rings is 1. The van der Waals surface area contributed by atoms with Gasteiger partial charge in [0.25, 0.3) is 0 Å². The number of halogens is 1. The number of benzene rings is 2. The lowest BCUT2D eigenvalue weighted by Crippen LogP contribution is -1.95. The van der Waals surface area contributed by atoms with Gasteiger partial charge >= 0.3 is 0 Å². The number of aryl methyl sites for hydroxylation is 2. The Labute approximate surface area is 151 Å². The lowest BCUT2D eigenvalue weighted by atomic mass is 10.1. The lowest BCUT2D eigenvalue weighted by Gasteiger charge is -2.12. The minimum Gasteiger partial charge on any atom is -0.497 e. The van der Waals surface area contributed by atoms with Gasteiger partial charge in [-0.25, -0.2) is 4.98 Å². The van der Waals surface area contributed by atoms with E-state index < -0.39 is 0 Å². The van der Waals surface area contributed by atoms with Crippen LogP contribution in [0.25, 0.3) is 21.9 Å². The molecule has 2 aromatic carbocycles. The van der Waals surface area contributed by atoms with Crippen LogP contribution in [0.1, 0.15) is 11.5 Å². The average Bonchev–Trinajstić information content (AvgIpc) is 2.95. The SMILES string of the molecule is COc1ccc(Nc2cc(C)nc3ccc4nc(C)[nH]c4c23)cc1.Cl. The van der Waals surface area contributed by atoms with E-state index >= 15 is 0 Å². The summed E-state index contributed by atoms with van der Waals surface area (Å²) in [6.45, 7) is 3.96. The van der Waals surface area contributed by atoms with E-state index in [0.717, 1.165) is 50.6 Å². The number of rotatable bonds is 3. The number of nitrogens with zero attached hydrogens (tertiary/aromatic N) is 2. The van der Waals surface area contributed by atoms with Gasteiger partial charge in [-0.2, -0.15) is 0 Å². The van der Waals surface area contributed by atoms with Gasteiger partial charge in [-0.15, -0.1) is 12.4 Å². The van der Waals surface area contributed by atoms with Crippen LogP contribution in [0.15, 0.2) is 42.5 Å². The molecule has 4 aromatic rings. The van der Waals surface area contributed by atoms with Crippen LogP contribution < -0.4 is 10.1 Å². The van der Waals surface area contributed by atoms with E-state index in [1.54, 1.807) is 7.11 Å². The van der Waals surface area contributed by atoms with Crippen LogP contribution in [0.3, 0.4) is 0 Å². The zero-order chi connectivity index (χ0) is 16.7. The number of hydrogen-bond acceptors (Lipinski definition) is 4. The molecule has 128 valence electrons. The van der Waals surface area contributed by atoms with Gasteiger partial charge in [0, 0.05) is 16.8 Å². The molecule has 25 heavy (non-hydrogen) atoms. The zero-order valence-corrected chi connectivity index (χ0v) is 15.1. The summed E-state index contributed by atoms with van der Waals surface area (Å²) in [5.41, 5.74) is 5.88. The van der Waals surface area contributed by atoms with Crippen LogP contribution in [0.4, 0.5) is 11.4 Å². The molecule has 0 unspecified atom stereocenters. The Hall–Kier alpha value is -2.79. The standard InChI is InChI=1S/C19H18N4O.ClH/c1-11-10-17(23-13-4-6-14(24-3)7-5-13)18-15(20-11)8-9-16-19(18)22-12(2)21-16;/h4-10H,1-3H3,(H,20,23)(H,21,22);1H. The smallest absolute Gasteiger partial charge is 0.119 e. The molecule has 0 aliphatic carbocycles. The van der Waals surface area contributed by atoms with Crippen molar-refractivity contribution in [1.29, 1.82) is 0 Å². The van der Waals surface area contributed by atoms with E-state index in [0.29, 0.717) is 0 Å². The van der Waals surface area contributed by atoms with Crippen LogP contribution in [0.2, 0.25) is 0 Å². The molecule has 0 amide bonds. The highest BCUT2D eigenvalue weighted by Crippen LogP contribution is 2.32. The predicted molar refractivity (Wildman–Crippen MR) is 104 cm³/mol. The summed E-state index contributed by atoms with van der Waals surface area (Å²) in [5, 5.41) is 4.55. The van der Waals surface area contributed by atoms with Crippen molar-refractivity contribution in [1.82, 2.24) is 15.0 Å². The molecule has 0 aliphatic rings. The first-order chi connectivity index (χ1) is 11.6. The van der Waals surface area contributed by atoms with Crippen molar-refractivity contribution in [2.75, 3.05) is 12.4 Å². The summed E-state index contributed by atoms with van der Waals surface area (Å²) in [6, 6.07) is 14.0. The molecule has 0 saturated carbocycles. The molecule has 6 heteroatoms. The summed E-state index contributed by atoms with van der Waals surface area (Å²) in [6.07, 6.45) is 0. The largest absolute Gasteiger partial charge is 0.497 e. The minimum absolute atomic E-state index is 0. The maximum Gasteiger partial charge on any atom is 0.119 e. The Morgan fingerprint density at radius 1 is 0.960 bits per heavy atom. The van der Waals surface area contributed by atoms with Crippen LogP contribution >= 0.6 is 12.4 Å². The fraction of sp³-hybridized carbons (Fsp3) is 0.158. The van der Waals surface area contributed by atoms with E-state index in [1.165, 1.54) is 0 Å². The van der Waals surface area contributed by atoms with Crippen molar-refractivity contribution in [2.24, 2.45) is 0 Å². The second kappa shape index (κ2) is 6.61. The first-order valence-electron chi connectivity index (χ1n) is 7.82. The molecule has 0 atom stereocenters. The van der Waals surface area contributed by atoms with Crippen molar-refractivity contribution in [3.05, 3.63) is 54.0 Å². The van der Waals surface area contributed by atoms with Gasteiger partial charge < -0.3 is 15.0 Å². The topological polar surface area (TPSA) is 62.8 Å². The number of aromatic amines is 1. The second-order valence-electron chi connectivity index (χ2n) is 5.84. The Morgan fingerprint density at radius 3 is 2.40 bits per heavy atom. The fourth-order valence-corrected chi connectivity index (χ4v) is 2.99. The Bertz CT molecular complexity index is 1040. The Morgan fingerprint density at radius 2 is 1.68 bits per heavy atom. The molecule has 4 rings (SSSR count). The molecule has 2 heterocycles. The van der Waals surface area contributed by atoms with E-state index in [1.807, 2.05) is 50.2 Å². The first-order valence-corrected chi connectivity index (χ1v) is 7.82. The molecular formula is C19H19ClN4O. The van der Waals surface area contributed by atoms with Crippen molar-refractivity contribution < 1.29 is 4.74 Å². The van der Waals surface area contributed by atoms with E-state index in [-0.39, 0.29) is 12.4 Å². The number of nitrogens with one attached hydrogen (secondary N) is 2. The molecule has 0 radical (unpaired) electrons. The number of ether oxygens (including phenoxy) is 1. The molecule has 0 bridgehead atoms. The van der Waals surface area contributed by atoms with Crippen LogP contribution in [-0.2, 0) is 0 Å². The van der Waals surface area contributed by atoms with Gasteiger partial charge in [0.1, 0.15) is 11.6 Å². The predicted octanol–water partition coefficient (Wildman–Crippen LogP) is 4.90. The molecule has 0 aliphatic heterocycles. The van der Waals surface area contributed by atoms with Gasteiger partial charge in [-0.1, -0.05) is 0 Å². The number of anilines is 2. The van der Waals surface area contributed by atoms with E-state index in [9.17, 15) is 0 Å². The Balaban J connectivity index is 0.00000182. The monoisotopic (exact) mass is 354 g/mol. The summed E-state index contributed by atoms with van der Waals surface area (Å²) >= 11 is 0. The molecule has 0 fully saturated rings. The molecule has 2 N–H and O–H groups in total. The molecule has 0 spiro atoms. The van der Waals surface area contributed by atoms with E-state index in [4.69, 9.17) is 4.74 Å². The average molecular weight is 355 g/mol. The van der Waals surface area contributed by atoms with Crippen LogP contribution in [0, 0.1) is 13.8 Å². The second-order valence-corrected chi connectivity index (χ2v) is 5.84. The molecular weight excluding hydrogens is 336 g/mol. The highest BCUT2D eigenvalue weighted by molar-refractivity contribution is 6.10. The molecule has 0 saturated heterocycles. The Kier molecular flexibility index (Phi) is 4.51. The van der Waals surface area contributed by atoms with Crippen molar-refractivity contribution in [3.63, 3.8) is 0 Å². The zero-order valence-electron chi connectivity index (χ0n) is 14.3. The van der Waals surface area contributed by atoms with Crippen LogP contribution in [0.5, 0.6) is 5.75 Å². The van der Waals surface area contributed by atoms with Gasteiger partial charge in [0.15, 0.2) is 0 Å². The summed E-state index contributed by atoms with van der Waals surface area (Å²) in [4.78, 5) is 12.5. The highest BCUT2D eigenvalue weighted by atomic mass is 35.5. The van der Waals surface area contributed by atoms with Crippen molar-refractivity contribution >= 4 is 45.7 Å². The number of imidazole rings is 1. The first kappa shape index (κ1) is 17.0. The van der Waals surface area contributed by atoms with Crippen LogP contribution in [-0.4, -0.2) is 22.1 Å². The number of aromatic nitrogens is 3. The summed E-state index contributed by atoms with van der Waals surface area (Å²) < 4.78 is 5.22. The van der Waals surface area contributed by atoms with E-state index in [2.05, 4.69) is 26.3 Å². The number of H-pyrrole nitrogens is 1. The van der Waals surface area contributed by atoms with Crippen molar-refractivity contribution in [2.45, 2.75) is 13.8 Å². The van der Waals surface area contributed by atoms with Gasteiger partial charge in [-0.05, 0) is 56.3 Å². The van der Waals surface area contributed by atoms with Gasteiger partial charge in [0.2, 0.25) is 0 Å². The minimum atomic E-state index is 0. The number of hydrogen-bond donors (Lipinski definition) is 2. The quantitative estimate of drug-likeness (QED) is 0.549. The third-order valence-electron chi connectivity index (χ3n) is 4.04. The summed E-state index contributed by atoms with van der Waals surface area (Å²) in [5.74, 6) is 1.73. The normalized spacial score (nSPS) is 10.7. The van der Waals surface area contributed by atoms with Crippen molar-refractivity contribution in [3.8, 4) is 5.75 Å². The highest BCUT2D eigenvalue weighted by Gasteiger charge is 2.11. The third kappa shape index (κ3) is 3.10. The lowest BCUT2D eigenvalue weighted by molar-refractivity contribution is 0.415. The fourth-order valence-electron chi connectivity index (χ4n) is 2.99. The number of fused-ring (bicyclic) bond motifs is 3. The molecule has 2 aromatic heterocycles. The maximum atomic E-state index is 5.22. The maximum absolute atomic E-state index is 5.22. The molecule has 5 nitrogen and oxygen atoms in total. The van der Waals surface area contributed by atoms with Gasteiger partial charge in [0.05, 0.1) is 29.3 Å².